The highest BCUT2D eigenvalue weighted by molar-refractivity contribution is 7.99. The molecule has 0 heterocycles. The number of hydrogen-bond donors (Lipinski definition) is 1. The third kappa shape index (κ3) is 31.3. The van der Waals surface area contributed by atoms with E-state index in [1.54, 1.807) is 0 Å². The first-order valence-corrected chi connectivity index (χ1v) is 16.1. The van der Waals surface area contributed by atoms with E-state index < -0.39 is 5.97 Å². The number of ether oxygens (including phenoxy) is 1. The fourth-order valence-electron chi connectivity index (χ4n) is 4.34. The molecule has 208 valence electrons. The van der Waals surface area contributed by atoms with Gasteiger partial charge in [0.1, 0.15) is 0 Å². The molecule has 0 atom stereocenters. The lowest BCUT2D eigenvalue weighted by Gasteiger charge is -2.05. The van der Waals surface area contributed by atoms with Crippen LogP contribution in [0.25, 0.3) is 0 Å². The molecule has 4 nitrogen and oxygen atoms in total. The van der Waals surface area contributed by atoms with Crippen LogP contribution < -0.4 is 0 Å². The number of unbranched alkanes of at least 4 members (excludes halogenated alkanes) is 18. The summed E-state index contributed by atoms with van der Waals surface area (Å²) in [6.45, 7) is 5.18. The number of rotatable bonds is 28. The van der Waals surface area contributed by atoms with Gasteiger partial charge in [-0.05, 0) is 12.3 Å². The third-order valence-electron chi connectivity index (χ3n) is 6.60. The first kappa shape index (κ1) is 34.3. The van der Waals surface area contributed by atoms with E-state index in [0.29, 0.717) is 24.5 Å². The van der Waals surface area contributed by atoms with Crippen LogP contribution >= 0.6 is 11.8 Å². The molecule has 1 N–H and O–H groups in total. The summed E-state index contributed by atoms with van der Waals surface area (Å²) < 4.78 is 5.24. The SMILES string of the molecule is CC(C)CCCCCCCCCCCCCCCCCCCCCOC(=O)CCSCCC(=O)O. The molecule has 0 fully saturated rings. The van der Waals surface area contributed by atoms with E-state index in [0.717, 1.165) is 18.8 Å². The number of hydrogen-bond acceptors (Lipinski definition) is 4. The predicted molar refractivity (Wildman–Crippen MR) is 152 cm³/mol. The van der Waals surface area contributed by atoms with E-state index in [1.165, 1.54) is 127 Å². The lowest BCUT2D eigenvalue weighted by Crippen LogP contribution is -2.07. The van der Waals surface area contributed by atoms with Crippen LogP contribution in [0.3, 0.4) is 0 Å². The molecule has 0 aliphatic heterocycles. The minimum atomic E-state index is -0.787. The van der Waals surface area contributed by atoms with Crippen LogP contribution in [0.15, 0.2) is 0 Å². The first-order chi connectivity index (χ1) is 17.0. The maximum absolute atomic E-state index is 11.6. The highest BCUT2D eigenvalue weighted by atomic mass is 32.2. The fraction of sp³-hybridized carbons (Fsp3) is 0.933. The quantitative estimate of drug-likeness (QED) is 0.0831. The minimum Gasteiger partial charge on any atom is -0.481 e. The number of esters is 1. The van der Waals surface area contributed by atoms with Crippen LogP contribution in [0.2, 0.25) is 0 Å². The number of carboxylic acid groups (broad SMARTS) is 1. The summed E-state index contributed by atoms with van der Waals surface area (Å²) in [6.07, 6.45) is 27.9. The largest absolute Gasteiger partial charge is 0.481 e. The summed E-state index contributed by atoms with van der Waals surface area (Å²) in [5.74, 6) is 1.13. The van der Waals surface area contributed by atoms with E-state index in [4.69, 9.17) is 9.84 Å². The van der Waals surface area contributed by atoms with Gasteiger partial charge >= 0.3 is 11.9 Å². The second-order valence-electron chi connectivity index (χ2n) is 10.6. The van der Waals surface area contributed by atoms with Gasteiger partial charge in [0.15, 0.2) is 0 Å². The van der Waals surface area contributed by atoms with Crippen molar-refractivity contribution in [3.8, 4) is 0 Å². The van der Waals surface area contributed by atoms with Gasteiger partial charge in [0, 0.05) is 11.5 Å². The second kappa shape index (κ2) is 27.9. The zero-order chi connectivity index (χ0) is 25.8. The van der Waals surface area contributed by atoms with Crippen LogP contribution in [0.5, 0.6) is 0 Å². The number of carbonyl (C=O) groups excluding carboxylic acids is 1. The standard InChI is InChI=1S/C30H58O4S/c1-28(2)22-20-18-16-14-12-10-8-6-4-3-5-7-9-11-13-15-17-19-21-25-34-30(33)24-27-35-26-23-29(31)32/h28H,3-27H2,1-2H3,(H,31,32). The van der Waals surface area contributed by atoms with Gasteiger partial charge in [-0.1, -0.05) is 136 Å². The highest BCUT2D eigenvalue weighted by Gasteiger charge is 2.04. The summed E-state index contributed by atoms with van der Waals surface area (Å²) >= 11 is 1.50. The molecule has 0 spiro atoms. The average Bonchev–Trinajstić information content (AvgIpc) is 2.81. The number of aliphatic carboxylic acids is 1. The van der Waals surface area contributed by atoms with Gasteiger partial charge in [-0.3, -0.25) is 9.59 Å². The molecule has 0 saturated heterocycles. The van der Waals surface area contributed by atoms with Gasteiger partial charge in [-0.2, -0.15) is 11.8 Å². The summed E-state index contributed by atoms with van der Waals surface area (Å²) in [4.78, 5) is 22.0. The number of thioether (sulfide) groups is 1. The molecule has 0 aliphatic rings. The second-order valence-corrected chi connectivity index (χ2v) is 11.9. The van der Waals surface area contributed by atoms with Gasteiger partial charge < -0.3 is 9.84 Å². The topological polar surface area (TPSA) is 63.6 Å². The Labute approximate surface area is 222 Å². The molecule has 0 rings (SSSR count). The van der Waals surface area contributed by atoms with Crippen molar-refractivity contribution in [3.63, 3.8) is 0 Å². The predicted octanol–water partition coefficient (Wildman–Crippen LogP) is 9.59. The lowest BCUT2D eigenvalue weighted by molar-refractivity contribution is -0.143. The molecular weight excluding hydrogens is 456 g/mol. The Balaban J connectivity index is 3.12. The van der Waals surface area contributed by atoms with Crippen molar-refractivity contribution < 1.29 is 19.4 Å². The Hall–Kier alpha value is -0.710. The van der Waals surface area contributed by atoms with E-state index in [2.05, 4.69) is 13.8 Å². The Kier molecular flexibility index (Phi) is 27.3. The van der Waals surface area contributed by atoms with Crippen LogP contribution in [-0.2, 0) is 14.3 Å². The average molecular weight is 515 g/mol. The van der Waals surface area contributed by atoms with Crippen molar-refractivity contribution in [1.82, 2.24) is 0 Å². The Morgan fingerprint density at radius 1 is 0.600 bits per heavy atom. The molecular formula is C30H58O4S. The maximum Gasteiger partial charge on any atom is 0.306 e. The van der Waals surface area contributed by atoms with Crippen LogP contribution in [0.4, 0.5) is 0 Å². The third-order valence-corrected chi connectivity index (χ3v) is 7.59. The zero-order valence-electron chi connectivity index (χ0n) is 23.3. The van der Waals surface area contributed by atoms with Gasteiger partial charge in [0.25, 0.3) is 0 Å². The van der Waals surface area contributed by atoms with Crippen LogP contribution in [0, 0.1) is 5.92 Å². The van der Waals surface area contributed by atoms with Crippen molar-refractivity contribution in [1.29, 1.82) is 0 Å². The van der Waals surface area contributed by atoms with Crippen molar-refractivity contribution in [2.75, 3.05) is 18.1 Å². The Morgan fingerprint density at radius 3 is 1.37 bits per heavy atom. The van der Waals surface area contributed by atoms with Gasteiger partial charge in [0.2, 0.25) is 0 Å². The van der Waals surface area contributed by atoms with Gasteiger partial charge in [0.05, 0.1) is 19.4 Å². The number of carbonyl (C=O) groups is 2. The summed E-state index contributed by atoms with van der Waals surface area (Å²) in [5, 5.41) is 8.56. The van der Waals surface area contributed by atoms with Crippen molar-refractivity contribution >= 4 is 23.7 Å². The van der Waals surface area contributed by atoms with Crippen LogP contribution in [-0.4, -0.2) is 35.2 Å². The first-order valence-electron chi connectivity index (χ1n) is 15.0. The zero-order valence-corrected chi connectivity index (χ0v) is 24.2. The molecule has 0 amide bonds. The normalized spacial score (nSPS) is 11.3. The Bertz CT molecular complexity index is 467. The van der Waals surface area contributed by atoms with E-state index in [9.17, 15) is 9.59 Å². The smallest absolute Gasteiger partial charge is 0.306 e. The van der Waals surface area contributed by atoms with Gasteiger partial charge in [-0.25, -0.2) is 0 Å². The van der Waals surface area contributed by atoms with E-state index in [-0.39, 0.29) is 12.4 Å². The van der Waals surface area contributed by atoms with Crippen molar-refractivity contribution in [2.24, 2.45) is 5.92 Å². The monoisotopic (exact) mass is 514 g/mol. The highest BCUT2D eigenvalue weighted by Crippen LogP contribution is 2.15. The van der Waals surface area contributed by atoms with Crippen LogP contribution in [0.1, 0.15) is 155 Å². The molecule has 0 unspecified atom stereocenters. The lowest BCUT2D eigenvalue weighted by atomic mass is 10.0. The summed E-state index contributed by atoms with van der Waals surface area (Å²) in [5.41, 5.74) is 0. The molecule has 0 aromatic rings. The van der Waals surface area contributed by atoms with Crippen molar-refractivity contribution in [2.45, 2.75) is 155 Å². The van der Waals surface area contributed by atoms with E-state index >= 15 is 0 Å². The van der Waals surface area contributed by atoms with E-state index in [1.807, 2.05) is 0 Å². The molecule has 0 saturated carbocycles. The fourth-order valence-corrected chi connectivity index (χ4v) is 5.17. The molecule has 5 heteroatoms. The molecule has 0 aromatic carbocycles. The summed E-state index contributed by atoms with van der Waals surface area (Å²) in [6, 6.07) is 0. The minimum absolute atomic E-state index is 0.152. The molecule has 0 aliphatic carbocycles. The van der Waals surface area contributed by atoms with Gasteiger partial charge in [-0.15, -0.1) is 0 Å². The Morgan fingerprint density at radius 2 is 0.971 bits per heavy atom. The van der Waals surface area contributed by atoms with Crippen molar-refractivity contribution in [3.05, 3.63) is 0 Å². The molecule has 35 heavy (non-hydrogen) atoms. The number of carboxylic acids is 1. The maximum atomic E-state index is 11.6. The molecule has 0 radical (unpaired) electrons. The summed E-state index contributed by atoms with van der Waals surface area (Å²) in [7, 11) is 0. The molecule has 0 aromatic heterocycles. The molecule has 0 bridgehead atoms.